The summed E-state index contributed by atoms with van der Waals surface area (Å²) in [7, 11) is 0. The first-order valence-corrected chi connectivity index (χ1v) is 10.4. The van der Waals surface area contributed by atoms with Crippen LogP contribution in [0.25, 0.3) is 22.5 Å². The fourth-order valence-corrected chi connectivity index (χ4v) is 3.78. The summed E-state index contributed by atoms with van der Waals surface area (Å²) in [5.41, 5.74) is 3.79. The number of carbonyl (C=O) groups is 1. The van der Waals surface area contributed by atoms with Gasteiger partial charge in [-0.15, -0.1) is 0 Å². The minimum Gasteiger partial charge on any atom is -0.463 e. The molecule has 4 rings (SSSR count). The molecule has 1 saturated heterocycles. The molecule has 0 aliphatic carbocycles. The van der Waals surface area contributed by atoms with Gasteiger partial charge in [0.15, 0.2) is 0 Å². The second-order valence-electron chi connectivity index (χ2n) is 7.17. The summed E-state index contributed by atoms with van der Waals surface area (Å²) < 4.78 is 5.01. The van der Waals surface area contributed by atoms with Gasteiger partial charge in [-0.2, -0.15) is 0 Å². The molecule has 0 N–H and O–H groups in total. The van der Waals surface area contributed by atoms with Gasteiger partial charge in [0.25, 0.3) is 0 Å². The van der Waals surface area contributed by atoms with Crippen LogP contribution >= 0.6 is 0 Å². The van der Waals surface area contributed by atoms with Crippen molar-refractivity contribution in [3.8, 4) is 22.5 Å². The van der Waals surface area contributed by atoms with Crippen LogP contribution in [0.15, 0.2) is 79.0 Å². The van der Waals surface area contributed by atoms with E-state index in [2.05, 4.69) is 29.2 Å². The first-order valence-electron chi connectivity index (χ1n) is 10.4. The highest BCUT2D eigenvalue weighted by Gasteiger charge is 2.25. The van der Waals surface area contributed by atoms with E-state index in [1.807, 2.05) is 55.6 Å². The SMILES string of the molecule is CCOC(=O)C=CC1CCCN1c1cnc(-c2ccccc2)c(-c2ccccc2)n1. The number of carbonyl (C=O) groups excluding carboxylic acids is 1. The van der Waals surface area contributed by atoms with E-state index in [-0.39, 0.29) is 12.0 Å². The van der Waals surface area contributed by atoms with Crippen LogP contribution in [0.3, 0.4) is 0 Å². The van der Waals surface area contributed by atoms with Crippen LogP contribution in [0.5, 0.6) is 0 Å². The van der Waals surface area contributed by atoms with Crippen LogP contribution in [-0.4, -0.2) is 35.1 Å². The van der Waals surface area contributed by atoms with Gasteiger partial charge in [0.05, 0.1) is 24.2 Å². The highest BCUT2D eigenvalue weighted by Crippen LogP contribution is 2.32. The second-order valence-corrected chi connectivity index (χ2v) is 7.17. The lowest BCUT2D eigenvalue weighted by atomic mass is 10.0. The molecule has 2 heterocycles. The molecular weight excluding hydrogens is 374 g/mol. The Balaban J connectivity index is 1.70. The molecule has 152 valence electrons. The normalized spacial score (nSPS) is 16.2. The van der Waals surface area contributed by atoms with Crippen molar-refractivity contribution in [1.29, 1.82) is 0 Å². The molecule has 0 spiro atoms. The van der Waals surface area contributed by atoms with Crippen LogP contribution in [0.4, 0.5) is 5.82 Å². The van der Waals surface area contributed by atoms with Crippen molar-refractivity contribution in [2.75, 3.05) is 18.1 Å². The average molecular weight is 399 g/mol. The molecule has 0 saturated carbocycles. The standard InChI is InChI=1S/C25H25N3O2/c1-2-30-23(29)16-15-21-14-9-17-28(21)22-18-26-24(19-10-5-3-6-11-19)25(27-22)20-12-7-4-8-13-20/h3-8,10-13,15-16,18,21H,2,9,14,17H2,1H3. The highest BCUT2D eigenvalue weighted by molar-refractivity contribution is 5.82. The fraction of sp³-hybridized carbons (Fsp3) is 0.240. The molecule has 1 aliphatic heterocycles. The predicted octanol–water partition coefficient (Wildman–Crippen LogP) is 4.90. The molecule has 0 bridgehead atoms. The number of hydrogen-bond donors (Lipinski definition) is 0. The van der Waals surface area contributed by atoms with Gasteiger partial charge in [-0.3, -0.25) is 4.98 Å². The largest absolute Gasteiger partial charge is 0.463 e. The zero-order valence-corrected chi connectivity index (χ0v) is 17.1. The van der Waals surface area contributed by atoms with Gasteiger partial charge < -0.3 is 9.64 Å². The average Bonchev–Trinajstić information content (AvgIpc) is 3.27. The summed E-state index contributed by atoms with van der Waals surface area (Å²) in [4.78, 5) is 23.8. The molecule has 3 aromatic rings. The third-order valence-electron chi connectivity index (χ3n) is 5.19. The maximum absolute atomic E-state index is 11.7. The van der Waals surface area contributed by atoms with E-state index in [1.165, 1.54) is 6.08 Å². The van der Waals surface area contributed by atoms with Crippen molar-refractivity contribution in [1.82, 2.24) is 9.97 Å². The molecule has 1 atom stereocenters. The summed E-state index contributed by atoms with van der Waals surface area (Å²) in [6, 6.07) is 20.4. The topological polar surface area (TPSA) is 55.3 Å². The zero-order chi connectivity index (χ0) is 20.8. The van der Waals surface area contributed by atoms with Crippen LogP contribution in [-0.2, 0) is 9.53 Å². The Labute approximate surface area is 177 Å². The number of benzene rings is 2. The Morgan fingerprint density at radius 3 is 2.40 bits per heavy atom. The first-order chi connectivity index (χ1) is 14.8. The third-order valence-corrected chi connectivity index (χ3v) is 5.19. The van der Waals surface area contributed by atoms with Gasteiger partial charge in [-0.05, 0) is 19.8 Å². The number of esters is 1. The van der Waals surface area contributed by atoms with Gasteiger partial charge in [0.1, 0.15) is 5.82 Å². The number of ether oxygens (including phenoxy) is 1. The van der Waals surface area contributed by atoms with E-state index >= 15 is 0 Å². The smallest absolute Gasteiger partial charge is 0.330 e. The maximum atomic E-state index is 11.7. The molecule has 0 amide bonds. The maximum Gasteiger partial charge on any atom is 0.330 e. The summed E-state index contributed by atoms with van der Waals surface area (Å²) in [6.07, 6.45) is 7.29. The van der Waals surface area contributed by atoms with Gasteiger partial charge in [0.2, 0.25) is 0 Å². The lowest BCUT2D eigenvalue weighted by Crippen LogP contribution is -2.28. The molecule has 1 fully saturated rings. The molecule has 5 heteroatoms. The zero-order valence-electron chi connectivity index (χ0n) is 17.1. The van der Waals surface area contributed by atoms with E-state index in [0.29, 0.717) is 6.61 Å². The Hall–Kier alpha value is -3.47. The monoisotopic (exact) mass is 399 g/mol. The van der Waals surface area contributed by atoms with Gasteiger partial charge in [0, 0.05) is 29.8 Å². The van der Waals surface area contributed by atoms with Crippen molar-refractivity contribution in [3.63, 3.8) is 0 Å². The lowest BCUT2D eigenvalue weighted by molar-refractivity contribution is -0.137. The lowest BCUT2D eigenvalue weighted by Gasteiger charge is -2.24. The first kappa shape index (κ1) is 19.8. The molecule has 1 aliphatic rings. The Morgan fingerprint density at radius 1 is 1.07 bits per heavy atom. The quantitative estimate of drug-likeness (QED) is 0.436. The van der Waals surface area contributed by atoms with Crippen molar-refractivity contribution in [2.45, 2.75) is 25.8 Å². The summed E-state index contributed by atoms with van der Waals surface area (Å²) in [5.74, 6) is 0.518. The fourth-order valence-electron chi connectivity index (χ4n) is 3.78. The van der Waals surface area contributed by atoms with Gasteiger partial charge in [-0.1, -0.05) is 66.7 Å². The van der Waals surface area contributed by atoms with E-state index in [0.717, 1.165) is 47.7 Å². The van der Waals surface area contributed by atoms with Crippen LogP contribution in [0.1, 0.15) is 19.8 Å². The van der Waals surface area contributed by atoms with Gasteiger partial charge in [-0.25, -0.2) is 9.78 Å². The minimum atomic E-state index is -0.306. The number of aromatic nitrogens is 2. The number of anilines is 1. The third kappa shape index (κ3) is 4.40. The van der Waals surface area contributed by atoms with Crippen LogP contribution in [0.2, 0.25) is 0 Å². The number of rotatable bonds is 6. The summed E-state index contributed by atoms with van der Waals surface area (Å²) >= 11 is 0. The molecule has 2 aromatic carbocycles. The molecule has 30 heavy (non-hydrogen) atoms. The van der Waals surface area contributed by atoms with Crippen LogP contribution in [0, 0.1) is 0 Å². The van der Waals surface area contributed by atoms with Crippen molar-refractivity contribution < 1.29 is 9.53 Å². The van der Waals surface area contributed by atoms with Gasteiger partial charge >= 0.3 is 5.97 Å². The molecule has 1 unspecified atom stereocenters. The minimum absolute atomic E-state index is 0.106. The van der Waals surface area contributed by atoms with E-state index in [4.69, 9.17) is 14.7 Å². The second kappa shape index (κ2) is 9.35. The molecular formula is C25H25N3O2. The van der Waals surface area contributed by atoms with Crippen LogP contribution < -0.4 is 4.90 Å². The molecule has 5 nitrogen and oxygen atoms in total. The summed E-state index contributed by atoms with van der Waals surface area (Å²) in [6.45, 7) is 3.07. The molecule has 0 radical (unpaired) electrons. The Morgan fingerprint density at radius 2 is 1.73 bits per heavy atom. The molecule has 1 aromatic heterocycles. The highest BCUT2D eigenvalue weighted by atomic mass is 16.5. The number of hydrogen-bond acceptors (Lipinski definition) is 5. The number of nitrogens with zero attached hydrogens (tertiary/aromatic N) is 3. The summed E-state index contributed by atoms with van der Waals surface area (Å²) in [5, 5.41) is 0. The Kier molecular flexibility index (Phi) is 6.18. The van der Waals surface area contributed by atoms with E-state index in [1.54, 1.807) is 0 Å². The van der Waals surface area contributed by atoms with Crippen molar-refractivity contribution >= 4 is 11.8 Å². The Bertz CT molecular complexity index is 1020. The van der Waals surface area contributed by atoms with Crippen molar-refractivity contribution in [2.24, 2.45) is 0 Å². The van der Waals surface area contributed by atoms with Crippen molar-refractivity contribution in [3.05, 3.63) is 79.0 Å². The van der Waals surface area contributed by atoms with E-state index < -0.39 is 0 Å². The predicted molar refractivity (Wildman–Crippen MR) is 119 cm³/mol. The van der Waals surface area contributed by atoms with E-state index in [9.17, 15) is 4.79 Å².